The SMILES string of the molecule is CC(C)(c1ccc(O)cc1)c1ccc(C(c2ccc(O)cc2)(c2ccc(O)cc2)c2ccc(O)cc2)cc1. The molecule has 4 nitrogen and oxygen atoms in total. The monoisotopic (exact) mass is 502 g/mol. The smallest absolute Gasteiger partial charge is 0.115 e. The average molecular weight is 503 g/mol. The molecule has 5 aromatic rings. The average Bonchev–Trinajstić information content (AvgIpc) is 2.92. The summed E-state index contributed by atoms with van der Waals surface area (Å²) in [6, 6.07) is 37.2. The fraction of sp³-hybridized carbons (Fsp3) is 0.118. The van der Waals surface area contributed by atoms with Crippen molar-refractivity contribution in [2.24, 2.45) is 0 Å². The quantitative estimate of drug-likeness (QED) is 0.185. The van der Waals surface area contributed by atoms with Crippen molar-refractivity contribution in [1.29, 1.82) is 0 Å². The van der Waals surface area contributed by atoms with E-state index in [1.807, 2.05) is 48.5 Å². The predicted molar refractivity (Wildman–Crippen MR) is 150 cm³/mol. The second kappa shape index (κ2) is 9.64. The second-order valence-corrected chi connectivity index (χ2v) is 10.1. The van der Waals surface area contributed by atoms with Crippen molar-refractivity contribution in [3.63, 3.8) is 0 Å². The maximum atomic E-state index is 10.1. The van der Waals surface area contributed by atoms with Gasteiger partial charge in [0.15, 0.2) is 0 Å². The van der Waals surface area contributed by atoms with Gasteiger partial charge in [0.25, 0.3) is 0 Å². The summed E-state index contributed by atoms with van der Waals surface area (Å²) in [5.74, 6) is 0.751. The predicted octanol–water partition coefficient (Wildman–Crippen LogP) is 7.22. The lowest BCUT2D eigenvalue weighted by Crippen LogP contribution is -2.31. The van der Waals surface area contributed by atoms with Crippen LogP contribution in [0.15, 0.2) is 121 Å². The van der Waals surface area contributed by atoms with Gasteiger partial charge in [-0.1, -0.05) is 86.6 Å². The second-order valence-electron chi connectivity index (χ2n) is 10.1. The van der Waals surface area contributed by atoms with Crippen molar-refractivity contribution in [1.82, 2.24) is 0 Å². The van der Waals surface area contributed by atoms with E-state index in [9.17, 15) is 20.4 Å². The lowest BCUT2D eigenvalue weighted by molar-refractivity contribution is 0.473. The van der Waals surface area contributed by atoms with Crippen LogP contribution in [0.3, 0.4) is 0 Å². The van der Waals surface area contributed by atoms with E-state index in [4.69, 9.17) is 0 Å². The van der Waals surface area contributed by atoms with Gasteiger partial charge in [0.2, 0.25) is 0 Å². The third-order valence-electron chi connectivity index (χ3n) is 7.53. The van der Waals surface area contributed by atoms with E-state index in [1.54, 1.807) is 48.5 Å². The van der Waals surface area contributed by atoms with Crippen molar-refractivity contribution >= 4 is 0 Å². The normalized spacial score (nSPS) is 11.8. The highest BCUT2D eigenvalue weighted by Crippen LogP contribution is 2.46. The Balaban J connectivity index is 1.74. The molecular weight excluding hydrogens is 472 g/mol. The van der Waals surface area contributed by atoms with E-state index in [1.165, 1.54) is 0 Å². The summed E-state index contributed by atoms with van der Waals surface area (Å²) in [5.41, 5.74) is 4.88. The van der Waals surface area contributed by atoms with E-state index < -0.39 is 5.41 Å². The highest BCUT2D eigenvalue weighted by Gasteiger charge is 2.39. The molecular formula is C34H30O4. The molecule has 0 aliphatic heterocycles. The molecule has 0 amide bonds. The van der Waals surface area contributed by atoms with Crippen LogP contribution in [0.5, 0.6) is 23.0 Å². The van der Waals surface area contributed by atoms with Crippen LogP contribution in [0.2, 0.25) is 0 Å². The van der Waals surface area contributed by atoms with Crippen molar-refractivity contribution < 1.29 is 20.4 Å². The zero-order valence-corrected chi connectivity index (χ0v) is 21.3. The van der Waals surface area contributed by atoms with E-state index in [0.29, 0.717) is 0 Å². The number of benzene rings is 5. The number of phenolic OH excluding ortho intramolecular Hbond substituents is 4. The summed E-state index contributed by atoms with van der Waals surface area (Å²) in [7, 11) is 0. The van der Waals surface area contributed by atoms with Crippen molar-refractivity contribution in [2.75, 3.05) is 0 Å². The highest BCUT2D eigenvalue weighted by atomic mass is 16.3. The molecule has 0 radical (unpaired) electrons. The first-order chi connectivity index (χ1) is 18.2. The Morgan fingerprint density at radius 1 is 0.316 bits per heavy atom. The molecule has 38 heavy (non-hydrogen) atoms. The van der Waals surface area contributed by atoms with E-state index in [2.05, 4.69) is 38.1 Å². The Morgan fingerprint density at radius 3 is 0.763 bits per heavy atom. The summed E-state index contributed by atoms with van der Waals surface area (Å²) >= 11 is 0. The lowest BCUT2D eigenvalue weighted by atomic mass is 9.64. The van der Waals surface area contributed by atoms with E-state index in [0.717, 1.165) is 33.4 Å². The fourth-order valence-electron chi connectivity index (χ4n) is 5.32. The molecule has 0 atom stereocenters. The highest BCUT2D eigenvalue weighted by molar-refractivity contribution is 5.61. The van der Waals surface area contributed by atoms with Crippen LogP contribution in [0, 0.1) is 0 Å². The lowest BCUT2D eigenvalue weighted by Gasteiger charge is -2.37. The summed E-state index contributed by atoms with van der Waals surface area (Å²) in [6.45, 7) is 4.31. The summed E-state index contributed by atoms with van der Waals surface area (Å²) in [5, 5.41) is 40.0. The van der Waals surface area contributed by atoms with E-state index >= 15 is 0 Å². The van der Waals surface area contributed by atoms with Crippen LogP contribution in [0.25, 0.3) is 0 Å². The Bertz CT molecular complexity index is 1400. The minimum Gasteiger partial charge on any atom is -0.508 e. The third-order valence-corrected chi connectivity index (χ3v) is 7.53. The molecule has 4 N–H and O–H groups in total. The van der Waals surface area contributed by atoms with Crippen LogP contribution in [0.1, 0.15) is 47.2 Å². The van der Waals surface area contributed by atoms with Crippen molar-refractivity contribution in [2.45, 2.75) is 24.7 Å². The number of hydrogen-bond acceptors (Lipinski definition) is 4. The topological polar surface area (TPSA) is 80.9 Å². The van der Waals surface area contributed by atoms with Gasteiger partial charge in [0.05, 0.1) is 5.41 Å². The zero-order valence-electron chi connectivity index (χ0n) is 21.3. The summed E-state index contributed by atoms with van der Waals surface area (Å²) < 4.78 is 0. The molecule has 0 aromatic heterocycles. The number of aromatic hydroxyl groups is 4. The Morgan fingerprint density at radius 2 is 0.500 bits per heavy atom. The van der Waals surface area contributed by atoms with Crippen LogP contribution in [0.4, 0.5) is 0 Å². The number of phenols is 4. The molecule has 0 unspecified atom stereocenters. The molecule has 4 heteroatoms. The molecule has 0 heterocycles. The first-order valence-electron chi connectivity index (χ1n) is 12.5. The molecule has 190 valence electrons. The molecule has 0 bridgehead atoms. The maximum absolute atomic E-state index is 10.1. The Kier molecular flexibility index (Phi) is 6.33. The zero-order chi connectivity index (χ0) is 26.9. The Hall–Kier alpha value is -4.70. The van der Waals surface area contributed by atoms with Crippen molar-refractivity contribution in [3.05, 3.63) is 155 Å². The van der Waals surface area contributed by atoms with Gasteiger partial charge in [-0.3, -0.25) is 0 Å². The molecule has 5 rings (SSSR count). The minimum atomic E-state index is -0.795. The van der Waals surface area contributed by atoms with Gasteiger partial charge in [-0.2, -0.15) is 0 Å². The van der Waals surface area contributed by atoms with Gasteiger partial charge in [-0.05, 0) is 81.9 Å². The van der Waals surface area contributed by atoms with Gasteiger partial charge in [0.1, 0.15) is 23.0 Å². The molecule has 0 saturated heterocycles. The van der Waals surface area contributed by atoms with Crippen LogP contribution < -0.4 is 0 Å². The molecule has 0 spiro atoms. The summed E-state index contributed by atoms with van der Waals surface area (Å²) in [6.07, 6.45) is 0. The van der Waals surface area contributed by atoms with Gasteiger partial charge in [-0.25, -0.2) is 0 Å². The molecule has 0 fully saturated rings. The largest absolute Gasteiger partial charge is 0.508 e. The van der Waals surface area contributed by atoms with Crippen LogP contribution in [-0.2, 0) is 10.8 Å². The van der Waals surface area contributed by atoms with Gasteiger partial charge >= 0.3 is 0 Å². The van der Waals surface area contributed by atoms with E-state index in [-0.39, 0.29) is 28.4 Å². The maximum Gasteiger partial charge on any atom is 0.115 e. The first-order valence-corrected chi connectivity index (χ1v) is 12.5. The standard InChI is InChI=1S/C34H30O4/c1-33(2,24-7-15-29(35)16-8-24)23-3-5-25(6-4-23)34(26-9-17-30(36)18-10-26,27-11-19-31(37)20-12-27)28-13-21-32(38)22-14-28/h3-22,35-38H,1-2H3. The van der Waals surface area contributed by atoms with Gasteiger partial charge in [-0.15, -0.1) is 0 Å². The minimum absolute atomic E-state index is 0.171. The number of hydrogen-bond donors (Lipinski definition) is 4. The third kappa shape index (κ3) is 4.35. The fourth-order valence-corrected chi connectivity index (χ4v) is 5.32. The molecule has 0 saturated carbocycles. The van der Waals surface area contributed by atoms with Crippen LogP contribution >= 0.6 is 0 Å². The van der Waals surface area contributed by atoms with Crippen molar-refractivity contribution in [3.8, 4) is 23.0 Å². The first kappa shape index (κ1) is 25.0. The van der Waals surface area contributed by atoms with Crippen LogP contribution in [-0.4, -0.2) is 20.4 Å². The molecule has 5 aromatic carbocycles. The molecule has 0 aliphatic carbocycles. The molecule has 0 aliphatic rings. The summed E-state index contributed by atoms with van der Waals surface area (Å²) in [4.78, 5) is 0. The van der Waals surface area contributed by atoms with Gasteiger partial charge in [0, 0.05) is 5.41 Å². The number of rotatable bonds is 6. The Labute approximate surface area is 222 Å². The van der Waals surface area contributed by atoms with Gasteiger partial charge < -0.3 is 20.4 Å².